The summed E-state index contributed by atoms with van der Waals surface area (Å²) in [5, 5.41) is 20.0. The quantitative estimate of drug-likeness (QED) is 0.0910. The van der Waals surface area contributed by atoms with Crippen LogP contribution in [0.3, 0.4) is 0 Å². The van der Waals surface area contributed by atoms with Crippen molar-refractivity contribution in [3.8, 4) is 23.0 Å². The Hall–Kier alpha value is -4.69. The van der Waals surface area contributed by atoms with Crippen LogP contribution in [0, 0.1) is 0 Å². The van der Waals surface area contributed by atoms with E-state index in [1.165, 1.54) is 13.3 Å². The van der Waals surface area contributed by atoms with Gasteiger partial charge in [-0.1, -0.05) is 17.7 Å². The molecule has 4 N–H and O–H groups in total. The molecule has 1 heterocycles. The molecular weight excluding hydrogens is 612 g/mol. The van der Waals surface area contributed by atoms with Gasteiger partial charge in [0.05, 0.1) is 49.8 Å². The Morgan fingerprint density at radius 2 is 1.78 bits per heavy atom. The number of nitrogens with zero attached hydrogens (tertiary/aromatic N) is 1. The summed E-state index contributed by atoms with van der Waals surface area (Å²) in [4.78, 5) is 36.3. The predicted octanol–water partition coefficient (Wildman–Crippen LogP) is 3.20. The average Bonchev–Trinajstić information content (AvgIpc) is 2.99. The van der Waals surface area contributed by atoms with E-state index in [2.05, 4.69) is 21.2 Å². The maximum Gasteiger partial charge on any atom is 0.344 e. The molecule has 0 bridgehead atoms. The smallest absolute Gasteiger partial charge is 0.344 e. The number of urea groups is 1. The molecule has 244 valence electrons. The van der Waals surface area contributed by atoms with Gasteiger partial charge in [-0.3, -0.25) is 5.43 Å². The SMILES string of the molecule is CCOC(=O)COc1c(Cl)cc(/C=N\N[C@@H](O)COc2ccc([C@@H]3NC(=O)NC(C)=C3C(=O)OC)cc2OCC)cc1OCC. The fourth-order valence-corrected chi connectivity index (χ4v) is 4.49. The van der Waals surface area contributed by atoms with Gasteiger partial charge in [0.2, 0.25) is 0 Å². The Morgan fingerprint density at radius 1 is 1.04 bits per heavy atom. The number of esters is 2. The fourth-order valence-electron chi connectivity index (χ4n) is 4.22. The Balaban J connectivity index is 1.67. The minimum Gasteiger partial charge on any atom is -0.490 e. The van der Waals surface area contributed by atoms with Crippen LogP contribution in [0.5, 0.6) is 23.0 Å². The Bertz CT molecular complexity index is 1430. The molecule has 1 aliphatic rings. The number of carbonyl (C=O) groups excluding carboxylic acids is 3. The van der Waals surface area contributed by atoms with E-state index in [4.69, 9.17) is 40.0 Å². The van der Waals surface area contributed by atoms with Crippen molar-refractivity contribution in [2.24, 2.45) is 5.10 Å². The molecule has 0 aromatic heterocycles. The zero-order valence-electron chi connectivity index (χ0n) is 25.6. The number of aliphatic hydroxyl groups excluding tert-OH is 1. The lowest BCUT2D eigenvalue weighted by molar-refractivity contribution is -0.145. The van der Waals surface area contributed by atoms with E-state index in [-0.39, 0.29) is 36.2 Å². The van der Waals surface area contributed by atoms with Gasteiger partial charge in [0.1, 0.15) is 6.61 Å². The second-order valence-electron chi connectivity index (χ2n) is 9.27. The van der Waals surface area contributed by atoms with Crippen LogP contribution in [-0.2, 0) is 19.1 Å². The van der Waals surface area contributed by atoms with Crippen LogP contribution >= 0.6 is 11.6 Å². The van der Waals surface area contributed by atoms with Crippen LogP contribution in [0.2, 0.25) is 5.02 Å². The number of hydrogen-bond donors (Lipinski definition) is 4. The summed E-state index contributed by atoms with van der Waals surface area (Å²) in [5.74, 6) is 0.0203. The number of carbonyl (C=O) groups is 3. The number of aliphatic hydroxyl groups is 1. The zero-order valence-corrected chi connectivity index (χ0v) is 26.4. The summed E-state index contributed by atoms with van der Waals surface area (Å²) >= 11 is 6.37. The summed E-state index contributed by atoms with van der Waals surface area (Å²) in [6.45, 7) is 7.20. The van der Waals surface area contributed by atoms with E-state index >= 15 is 0 Å². The van der Waals surface area contributed by atoms with E-state index in [0.717, 1.165) is 0 Å². The Kier molecular flexibility index (Phi) is 13.1. The number of rotatable bonds is 16. The highest BCUT2D eigenvalue weighted by Crippen LogP contribution is 2.37. The van der Waals surface area contributed by atoms with Gasteiger partial charge < -0.3 is 44.2 Å². The van der Waals surface area contributed by atoms with Crippen LogP contribution < -0.4 is 35.0 Å². The van der Waals surface area contributed by atoms with Crippen molar-refractivity contribution in [3.63, 3.8) is 0 Å². The number of halogens is 1. The summed E-state index contributed by atoms with van der Waals surface area (Å²) in [5.41, 5.74) is 4.27. The largest absolute Gasteiger partial charge is 0.490 e. The fraction of sp³-hybridized carbons (Fsp3) is 0.400. The highest BCUT2D eigenvalue weighted by Gasteiger charge is 2.32. The number of ether oxygens (including phenoxy) is 6. The van der Waals surface area contributed by atoms with Crippen LogP contribution in [0.1, 0.15) is 44.9 Å². The summed E-state index contributed by atoms with van der Waals surface area (Å²) in [6.07, 6.45) is 0.194. The lowest BCUT2D eigenvalue weighted by Crippen LogP contribution is -2.45. The van der Waals surface area contributed by atoms with Crippen molar-refractivity contribution in [2.45, 2.75) is 40.0 Å². The Morgan fingerprint density at radius 3 is 2.47 bits per heavy atom. The second kappa shape index (κ2) is 17.0. The number of allylic oxidation sites excluding steroid dienone is 1. The van der Waals surface area contributed by atoms with Gasteiger partial charge in [0.15, 0.2) is 35.8 Å². The number of methoxy groups -OCH3 is 1. The van der Waals surface area contributed by atoms with Gasteiger partial charge in [0, 0.05) is 5.70 Å². The molecule has 0 saturated heterocycles. The molecule has 14 nitrogen and oxygen atoms in total. The molecule has 0 aliphatic carbocycles. The van der Waals surface area contributed by atoms with Crippen molar-refractivity contribution < 1.29 is 47.9 Å². The molecule has 2 aromatic rings. The topological polar surface area (TPSA) is 175 Å². The van der Waals surface area contributed by atoms with Crippen molar-refractivity contribution in [2.75, 3.05) is 40.1 Å². The monoisotopic (exact) mass is 648 g/mol. The van der Waals surface area contributed by atoms with E-state index in [9.17, 15) is 19.5 Å². The number of amides is 2. The molecule has 0 spiro atoms. The molecule has 3 rings (SSSR count). The maximum absolute atomic E-state index is 12.4. The molecule has 0 saturated carbocycles. The van der Waals surface area contributed by atoms with E-state index < -0.39 is 30.2 Å². The molecule has 15 heteroatoms. The molecule has 45 heavy (non-hydrogen) atoms. The molecule has 2 atom stereocenters. The van der Waals surface area contributed by atoms with E-state index in [1.807, 2.05) is 0 Å². The summed E-state index contributed by atoms with van der Waals surface area (Å²) < 4.78 is 32.4. The highest BCUT2D eigenvalue weighted by molar-refractivity contribution is 6.32. The van der Waals surface area contributed by atoms with Gasteiger partial charge in [-0.15, -0.1) is 0 Å². The molecular formula is C30H37ClN4O10. The van der Waals surface area contributed by atoms with Crippen molar-refractivity contribution in [1.82, 2.24) is 16.1 Å². The van der Waals surface area contributed by atoms with Crippen LogP contribution in [-0.4, -0.2) is 75.7 Å². The van der Waals surface area contributed by atoms with Crippen LogP contribution in [0.15, 0.2) is 46.7 Å². The van der Waals surface area contributed by atoms with E-state index in [1.54, 1.807) is 58.0 Å². The highest BCUT2D eigenvalue weighted by atomic mass is 35.5. The molecule has 2 aromatic carbocycles. The minimum atomic E-state index is -1.22. The first kappa shape index (κ1) is 34.8. The first-order valence-electron chi connectivity index (χ1n) is 14.1. The zero-order chi connectivity index (χ0) is 32.9. The first-order chi connectivity index (χ1) is 21.6. The summed E-state index contributed by atoms with van der Waals surface area (Å²) in [6, 6.07) is 6.85. The third-order valence-electron chi connectivity index (χ3n) is 6.08. The van der Waals surface area contributed by atoms with Crippen molar-refractivity contribution in [1.29, 1.82) is 0 Å². The number of hydrogen-bond acceptors (Lipinski definition) is 12. The normalized spacial score (nSPS) is 15.1. The lowest BCUT2D eigenvalue weighted by Gasteiger charge is -2.28. The average molecular weight is 649 g/mol. The second-order valence-corrected chi connectivity index (χ2v) is 9.68. The van der Waals surface area contributed by atoms with Gasteiger partial charge >= 0.3 is 18.0 Å². The van der Waals surface area contributed by atoms with Crippen LogP contribution in [0.4, 0.5) is 4.79 Å². The maximum atomic E-state index is 12.4. The van der Waals surface area contributed by atoms with Crippen molar-refractivity contribution >= 4 is 35.8 Å². The van der Waals surface area contributed by atoms with Gasteiger partial charge in [-0.2, -0.15) is 5.10 Å². The molecule has 0 radical (unpaired) electrons. The number of benzene rings is 2. The molecule has 0 unspecified atom stereocenters. The lowest BCUT2D eigenvalue weighted by atomic mass is 9.95. The van der Waals surface area contributed by atoms with Gasteiger partial charge in [-0.25, -0.2) is 14.4 Å². The third-order valence-corrected chi connectivity index (χ3v) is 6.36. The molecule has 2 amide bonds. The molecule has 1 aliphatic heterocycles. The standard InChI is InChI=1S/C30H37ClN4O10/c1-6-41-22-13-19(27-26(29(38)40-5)17(4)33-30(39)34-27)9-10-21(22)44-15-24(36)35-32-14-18-11-20(31)28(23(12-18)42-7-2)45-16-25(37)43-8-3/h9-14,24,27,35-36H,6-8,15-16H2,1-5H3,(H2,33,34,39)/b32-14-/t24-,27-/m0/s1. The summed E-state index contributed by atoms with van der Waals surface area (Å²) in [7, 11) is 1.26. The number of nitrogens with one attached hydrogen (secondary N) is 3. The third kappa shape index (κ3) is 9.65. The van der Waals surface area contributed by atoms with Gasteiger partial charge in [0.25, 0.3) is 0 Å². The molecule has 0 fully saturated rings. The van der Waals surface area contributed by atoms with Crippen LogP contribution in [0.25, 0.3) is 0 Å². The first-order valence-corrected chi connectivity index (χ1v) is 14.5. The predicted molar refractivity (Wildman–Crippen MR) is 164 cm³/mol. The minimum absolute atomic E-state index is 0.191. The van der Waals surface area contributed by atoms with Gasteiger partial charge in [-0.05, 0) is 63.1 Å². The Labute approximate surface area is 265 Å². The number of hydrazone groups is 1. The van der Waals surface area contributed by atoms with E-state index in [0.29, 0.717) is 47.3 Å². The van der Waals surface area contributed by atoms with Crippen molar-refractivity contribution in [3.05, 3.63) is 57.8 Å².